The molecule has 0 saturated carbocycles. The van der Waals surface area contributed by atoms with Crippen molar-refractivity contribution in [2.45, 2.75) is 51.4 Å². The average Bonchev–Trinajstić information content (AvgIpc) is 2.89. The number of aromatic nitrogens is 2. The molecule has 3 heterocycles. The Bertz CT molecular complexity index is 930. The van der Waals surface area contributed by atoms with Crippen molar-refractivity contribution in [3.05, 3.63) is 10.8 Å². The van der Waals surface area contributed by atoms with E-state index in [2.05, 4.69) is 30.1 Å². The van der Waals surface area contributed by atoms with Gasteiger partial charge >= 0.3 is 0 Å². The molecule has 0 bridgehead atoms. The van der Waals surface area contributed by atoms with Gasteiger partial charge in [-0.2, -0.15) is 0 Å². The summed E-state index contributed by atoms with van der Waals surface area (Å²) in [7, 11) is 0. The first-order chi connectivity index (χ1) is 17.8. The summed E-state index contributed by atoms with van der Waals surface area (Å²) in [6, 6.07) is 0. The number of carbonyl (C=O) groups excluding carboxylic acids is 2. The number of nitrogens with two attached hydrogens (primary N) is 3. The van der Waals surface area contributed by atoms with Crippen LogP contribution in [0.4, 0.5) is 11.6 Å². The molecular formula is C24H41ClN10O2. The molecule has 0 atom stereocenters. The van der Waals surface area contributed by atoms with Gasteiger partial charge in [0.15, 0.2) is 28.4 Å². The number of unbranched alkanes of at least 4 members (excludes halogenated alkanes) is 2. The van der Waals surface area contributed by atoms with Crippen molar-refractivity contribution in [2.75, 3.05) is 70.4 Å². The van der Waals surface area contributed by atoms with Gasteiger partial charge in [0.2, 0.25) is 5.91 Å². The Morgan fingerprint density at radius 2 is 1.49 bits per heavy atom. The minimum absolute atomic E-state index is 0.00890. The Morgan fingerprint density at radius 3 is 2.14 bits per heavy atom. The first kappa shape index (κ1) is 28.9. The Balaban J connectivity index is 1.22. The molecule has 7 N–H and O–H groups in total. The Hall–Kier alpha value is -2.70. The quantitative estimate of drug-likeness (QED) is 0.182. The fourth-order valence-corrected chi connectivity index (χ4v) is 4.75. The van der Waals surface area contributed by atoms with Crippen LogP contribution in [0, 0.1) is 0 Å². The zero-order valence-corrected chi connectivity index (χ0v) is 22.4. The standard InChI is InChI=1S/C24H41ClN10O2/c25-20-22(27)31-21(26)19(30-20)23(37)32-24(28)29-9-3-7-11-34-16-14-33(15-17-34)10-6-2-8-18(36)35-12-4-1-5-13-35/h1-17H2,(H4,26,27,31)(H3,28,29,32,37). The molecule has 0 spiro atoms. The van der Waals surface area contributed by atoms with Gasteiger partial charge in [0, 0.05) is 52.2 Å². The third-order valence-corrected chi connectivity index (χ3v) is 7.09. The summed E-state index contributed by atoms with van der Waals surface area (Å²) in [6.07, 6.45) is 8.17. The number of rotatable bonds is 11. The molecule has 0 aromatic carbocycles. The highest BCUT2D eigenvalue weighted by molar-refractivity contribution is 6.31. The van der Waals surface area contributed by atoms with Gasteiger partial charge in [0.25, 0.3) is 5.91 Å². The highest BCUT2D eigenvalue weighted by atomic mass is 35.5. The molecule has 0 aliphatic carbocycles. The number of aliphatic imine (C=N–C) groups is 1. The summed E-state index contributed by atoms with van der Waals surface area (Å²) in [4.78, 5) is 43.4. The zero-order valence-electron chi connectivity index (χ0n) is 21.6. The van der Waals surface area contributed by atoms with Crippen molar-refractivity contribution in [3.8, 4) is 0 Å². The van der Waals surface area contributed by atoms with E-state index in [4.69, 9.17) is 28.8 Å². The van der Waals surface area contributed by atoms with Crippen LogP contribution in [-0.2, 0) is 4.79 Å². The molecule has 1 aromatic heterocycles. The second-order valence-corrected chi connectivity index (χ2v) is 10.0. The topological polar surface area (TPSA) is 172 Å². The van der Waals surface area contributed by atoms with Crippen LogP contribution in [0.1, 0.15) is 61.9 Å². The SMILES string of the molecule is NC(=NCCCCN1CCN(CCCCC(=O)N2CCCCC2)CC1)NC(=O)c1nc(Cl)c(N)nc1N. The number of carbonyl (C=O) groups is 2. The van der Waals surface area contributed by atoms with Crippen molar-refractivity contribution in [3.63, 3.8) is 0 Å². The van der Waals surface area contributed by atoms with Crippen LogP contribution in [0.15, 0.2) is 4.99 Å². The van der Waals surface area contributed by atoms with Crippen molar-refractivity contribution >= 4 is 41.0 Å². The molecule has 37 heavy (non-hydrogen) atoms. The molecular weight excluding hydrogens is 496 g/mol. The van der Waals surface area contributed by atoms with Gasteiger partial charge in [-0.15, -0.1) is 0 Å². The number of guanidine groups is 1. The van der Waals surface area contributed by atoms with Gasteiger partial charge < -0.3 is 31.9 Å². The monoisotopic (exact) mass is 536 g/mol. The summed E-state index contributed by atoms with van der Waals surface area (Å²) >= 11 is 5.81. The fourth-order valence-electron chi connectivity index (χ4n) is 4.62. The molecule has 12 nitrogen and oxygen atoms in total. The molecule has 1 aromatic rings. The van der Waals surface area contributed by atoms with Crippen molar-refractivity contribution in [2.24, 2.45) is 10.7 Å². The molecule has 3 rings (SSSR count). The van der Waals surface area contributed by atoms with E-state index in [1.165, 1.54) is 6.42 Å². The maximum absolute atomic E-state index is 12.3. The van der Waals surface area contributed by atoms with E-state index in [1.54, 1.807) is 0 Å². The normalized spacial score (nSPS) is 17.6. The average molecular weight is 537 g/mol. The molecule has 0 radical (unpaired) electrons. The molecule has 2 aliphatic heterocycles. The van der Waals surface area contributed by atoms with Crippen molar-refractivity contribution < 1.29 is 9.59 Å². The van der Waals surface area contributed by atoms with Crippen LogP contribution in [0.5, 0.6) is 0 Å². The van der Waals surface area contributed by atoms with Crippen LogP contribution in [0.3, 0.4) is 0 Å². The summed E-state index contributed by atoms with van der Waals surface area (Å²) in [6.45, 7) is 8.73. The number of piperidine rings is 1. The molecule has 13 heteroatoms. The maximum atomic E-state index is 12.3. The third kappa shape index (κ3) is 9.60. The van der Waals surface area contributed by atoms with Crippen molar-refractivity contribution in [1.29, 1.82) is 0 Å². The lowest BCUT2D eigenvalue weighted by molar-refractivity contribution is -0.132. The Kier molecular flexibility index (Phi) is 11.6. The molecule has 2 saturated heterocycles. The second kappa shape index (κ2) is 14.9. The van der Waals surface area contributed by atoms with Crippen LogP contribution >= 0.6 is 11.6 Å². The molecule has 2 aliphatic rings. The van der Waals surface area contributed by atoms with E-state index in [0.717, 1.165) is 90.9 Å². The number of piperazine rings is 1. The summed E-state index contributed by atoms with van der Waals surface area (Å²) in [5.74, 6) is -0.487. The van der Waals surface area contributed by atoms with Crippen LogP contribution < -0.4 is 22.5 Å². The smallest absolute Gasteiger partial charge is 0.280 e. The van der Waals surface area contributed by atoms with Crippen LogP contribution in [-0.4, -0.2) is 101 Å². The van der Waals surface area contributed by atoms with Crippen LogP contribution in [0.2, 0.25) is 5.15 Å². The number of likely N-dealkylation sites (tertiary alicyclic amines) is 1. The lowest BCUT2D eigenvalue weighted by atomic mass is 10.1. The molecule has 2 amide bonds. The first-order valence-electron chi connectivity index (χ1n) is 13.3. The van der Waals surface area contributed by atoms with E-state index >= 15 is 0 Å². The van der Waals surface area contributed by atoms with Gasteiger partial charge in [-0.25, -0.2) is 9.97 Å². The number of nitrogen functional groups attached to an aromatic ring is 2. The number of hydrogen-bond acceptors (Lipinski definition) is 9. The van der Waals surface area contributed by atoms with Gasteiger partial charge in [0.05, 0.1) is 0 Å². The molecule has 2 fully saturated rings. The largest absolute Gasteiger partial charge is 0.382 e. The fraction of sp³-hybridized carbons (Fsp3) is 0.708. The number of halogens is 1. The molecule has 206 valence electrons. The zero-order chi connectivity index (χ0) is 26.6. The minimum Gasteiger partial charge on any atom is -0.382 e. The number of amides is 2. The third-order valence-electron chi connectivity index (χ3n) is 6.81. The van der Waals surface area contributed by atoms with Crippen molar-refractivity contribution in [1.82, 2.24) is 30.0 Å². The predicted octanol–water partition coefficient (Wildman–Crippen LogP) is 0.920. The number of nitrogens with one attached hydrogen (secondary N) is 1. The van der Waals surface area contributed by atoms with E-state index in [-0.39, 0.29) is 28.4 Å². The maximum Gasteiger partial charge on any atom is 0.280 e. The van der Waals surface area contributed by atoms with E-state index in [1.807, 2.05) is 4.90 Å². The summed E-state index contributed by atoms with van der Waals surface area (Å²) in [5, 5.41) is 2.34. The van der Waals surface area contributed by atoms with Gasteiger partial charge in [0.1, 0.15) is 0 Å². The predicted molar refractivity (Wildman–Crippen MR) is 146 cm³/mol. The van der Waals surface area contributed by atoms with E-state index in [9.17, 15) is 9.59 Å². The number of hydrogen-bond donors (Lipinski definition) is 4. The van der Waals surface area contributed by atoms with Gasteiger partial charge in [-0.3, -0.25) is 19.9 Å². The number of nitrogens with zero attached hydrogens (tertiary/aromatic N) is 6. The second-order valence-electron chi connectivity index (χ2n) is 9.64. The lowest BCUT2D eigenvalue weighted by Gasteiger charge is -2.34. The Labute approximate surface area is 224 Å². The highest BCUT2D eigenvalue weighted by Crippen LogP contribution is 2.17. The van der Waals surface area contributed by atoms with Gasteiger partial charge in [-0.05, 0) is 58.0 Å². The Morgan fingerprint density at radius 1 is 0.865 bits per heavy atom. The first-order valence-corrected chi connectivity index (χ1v) is 13.6. The van der Waals surface area contributed by atoms with E-state index < -0.39 is 5.91 Å². The lowest BCUT2D eigenvalue weighted by Crippen LogP contribution is -2.46. The van der Waals surface area contributed by atoms with E-state index in [0.29, 0.717) is 18.9 Å². The minimum atomic E-state index is -0.639. The van der Waals surface area contributed by atoms with Gasteiger partial charge in [-0.1, -0.05) is 11.6 Å². The summed E-state index contributed by atoms with van der Waals surface area (Å²) in [5.41, 5.74) is 16.9. The molecule has 0 unspecified atom stereocenters. The summed E-state index contributed by atoms with van der Waals surface area (Å²) < 4.78 is 0. The number of anilines is 2. The van der Waals surface area contributed by atoms with Crippen LogP contribution in [0.25, 0.3) is 0 Å². The highest BCUT2D eigenvalue weighted by Gasteiger charge is 2.19.